The van der Waals surface area contributed by atoms with Crippen LogP contribution in [0.5, 0.6) is 0 Å². The van der Waals surface area contributed by atoms with Crippen LogP contribution in [0.25, 0.3) is 0 Å². The Morgan fingerprint density at radius 1 is 1.28 bits per heavy atom. The Balaban J connectivity index is 2.05. The molecule has 1 N–H and O–H groups in total. The normalized spacial score (nSPS) is 23.9. The van der Waals surface area contributed by atoms with Crippen LogP contribution in [0.2, 0.25) is 0 Å². The molecule has 1 aromatic carbocycles. The second kappa shape index (κ2) is 5.61. The summed E-state index contributed by atoms with van der Waals surface area (Å²) < 4.78 is 13.2. The standard InChI is InChI=1S/C15H20FNO/c1-10-9-12(5-8-14(10)16)15(18)11-3-6-13(17-2)7-4-11/h5,8-9,11,13,17H,3-4,6-7H2,1-2H3. The number of hydrogen-bond donors (Lipinski definition) is 1. The van der Waals surface area contributed by atoms with E-state index >= 15 is 0 Å². The molecule has 0 unspecified atom stereocenters. The van der Waals surface area contributed by atoms with E-state index in [1.165, 1.54) is 6.07 Å². The quantitative estimate of drug-likeness (QED) is 0.834. The number of hydrogen-bond acceptors (Lipinski definition) is 2. The zero-order valence-electron chi connectivity index (χ0n) is 11.0. The molecule has 0 atom stereocenters. The van der Waals surface area contributed by atoms with E-state index in [2.05, 4.69) is 5.32 Å². The fraction of sp³-hybridized carbons (Fsp3) is 0.533. The van der Waals surface area contributed by atoms with Crippen molar-refractivity contribution in [3.63, 3.8) is 0 Å². The van der Waals surface area contributed by atoms with E-state index in [0.717, 1.165) is 25.7 Å². The molecule has 0 aromatic heterocycles. The van der Waals surface area contributed by atoms with Gasteiger partial charge in [0, 0.05) is 17.5 Å². The van der Waals surface area contributed by atoms with E-state index in [1.807, 2.05) is 7.05 Å². The van der Waals surface area contributed by atoms with Crippen LogP contribution >= 0.6 is 0 Å². The van der Waals surface area contributed by atoms with Gasteiger partial charge in [-0.2, -0.15) is 0 Å². The third-order valence-electron chi connectivity index (χ3n) is 3.95. The Morgan fingerprint density at radius 2 is 1.94 bits per heavy atom. The van der Waals surface area contributed by atoms with E-state index < -0.39 is 0 Å². The summed E-state index contributed by atoms with van der Waals surface area (Å²) in [6, 6.07) is 5.21. The van der Waals surface area contributed by atoms with Gasteiger partial charge in [0.1, 0.15) is 5.82 Å². The van der Waals surface area contributed by atoms with Crippen molar-refractivity contribution in [3.8, 4) is 0 Å². The number of aryl methyl sites for hydroxylation is 1. The van der Waals surface area contributed by atoms with Gasteiger partial charge in [-0.1, -0.05) is 0 Å². The summed E-state index contributed by atoms with van der Waals surface area (Å²) in [6.07, 6.45) is 3.96. The molecule has 0 saturated heterocycles. The van der Waals surface area contributed by atoms with Crippen molar-refractivity contribution in [2.45, 2.75) is 38.6 Å². The van der Waals surface area contributed by atoms with Gasteiger partial charge in [-0.15, -0.1) is 0 Å². The van der Waals surface area contributed by atoms with Crippen LogP contribution in [0.1, 0.15) is 41.6 Å². The van der Waals surface area contributed by atoms with Crippen molar-refractivity contribution in [1.29, 1.82) is 0 Å². The first-order chi connectivity index (χ1) is 8.61. The average Bonchev–Trinajstić information content (AvgIpc) is 2.41. The van der Waals surface area contributed by atoms with Gasteiger partial charge in [0.25, 0.3) is 0 Å². The average molecular weight is 249 g/mol. The summed E-state index contributed by atoms with van der Waals surface area (Å²) in [6.45, 7) is 1.70. The highest BCUT2D eigenvalue weighted by Crippen LogP contribution is 2.27. The number of ketones is 1. The van der Waals surface area contributed by atoms with Crippen molar-refractivity contribution < 1.29 is 9.18 Å². The minimum absolute atomic E-state index is 0.111. The van der Waals surface area contributed by atoms with Gasteiger partial charge in [-0.3, -0.25) is 4.79 Å². The number of halogens is 1. The van der Waals surface area contributed by atoms with Crippen LogP contribution in [0, 0.1) is 18.7 Å². The maximum atomic E-state index is 13.2. The van der Waals surface area contributed by atoms with Crippen LogP contribution in [0.3, 0.4) is 0 Å². The smallest absolute Gasteiger partial charge is 0.165 e. The lowest BCUT2D eigenvalue weighted by molar-refractivity contribution is 0.0880. The fourth-order valence-electron chi connectivity index (χ4n) is 2.68. The number of carbonyl (C=O) groups excluding carboxylic acids is 1. The van der Waals surface area contributed by atoms with Gasteiger partial charge in [-0.05, 0) is 63.4 Å². The van der Waals surface area contributed by atoms with Crippen molar-refractivity contribution >= 4 is 5.78 Å². The van der Waals surface area contributed by atoms with Crippen molar-refractivity contribution in [2.75, 3.05) is 7.05 Å². The van der Waals surface area contributed by atoms with Gasteiger partial charge in [0.05, 0.1) is 0 Å². The second-order valence-corrected chi connectivity index (χ2v) is 5.17. The first-order valence-corrected chi connectivity index (χ1v) is 6.59. The molecule has 1 fully saturated rings. The van der Waals surface area contributed by atoms with Crippen LogP contribution in [-0.2, 0) is 0 Å². The van der Waals surface area contributed by atoms with Crippen LogP contribution < -0.4 is 5.32 Å². The zero-order chi connectivity index (χ0) is 13.1. The Bertz CT molecular complexity index is 436. The molecule has 2 nitrogen and oxygen atoms in total. The summed E-state index contributed by atoms with van der Waals surface area (Å²) in [5.74, 6) is 0.0394. The third kappa shape index (κ3) is 2.78. The summed E-state index contributed by atoms with van der Waals surface area (Å²) in [4.78, 5) is 12.3. The maximum absolute atomic E-state index is 13.2. The number of benzene rings is 1. The molecule has 1 aliphatic rings. The lowest BCUT2D eigenvalue weighted by Gasteiger charge is -2.27. The molecular weight excluding hydrogens is 229 g/mol. The SMILES string of the molecule is CNC1CCC(C(=O)c2ccc(F)c(C)c2)CC1. The summed E-state index contributed by atoms with van der Waals surface area (Å²) in [7, 11) is 1.97. The molecule has 1 aliphatic carbocycles. The highest BCUT2D eigenvalue weighted by Gasteiger charge is 2.26. The van der Waals surface area contributed by atoms with Gasteiger partial charge in [0.15, 0.2) is 5.78 Å². The highest BCUT2D eigenvalue weighted by molar-refractivity contribution is 5.98. The number of Topliss-reactive ketones (excluding diaryl/α,β-unsaturated/α-hetero) is 1. The molecule has 0 bridgehead atoms. The molecule has 1 saturated carbocycles. The summed E-state index contributed by atoms with van der Waals surface area (Å²) >= 11 is 0. The van der Waals surface area contributed by atoms with Crippen LogP contribution in [-0.4, -0.2) is 18.9 Å². The van der Waals surface area contributed by atoms with Gasteiger partial charge < -0.3 is 5.32 Å². The van der Waals surface area contributed by atoms with Crippen molar-refractivity contribution in [1.82, 2.24) is 5.32 Å². The van der Waals surface area contributed by atoms with Crippen LogP contribution in [0.4, 0.5) is 4.39 Å². The lowest BCUT2D eigenvalue weighted by Crippen LogP contribution is -2.32. The topological polar surface area (TPSA) is 29.1 Å². The van der Waals surface area contributed by atoms with E-state index in [4.69, 9.17) is 0 Å². The molecule has 3 heteroatoms. The molecule has 0 radical (unpaired) electrons. The van der Waals surface area contributed by atoms with E-state index in [9.17, 15) is 9.18 Å². The Hall–Kier alpha value is -1.22. The monoisotopic (exact) mass is 249 g/mol. The lowest BCUT2D eigenvalue weighted by atomic mass is 9.81. The van der Waals surface area contributed by atoms with E-state index in [1.54, 1.807) is 19.1 Å². The first-order valence-electron chi connectivity index (χ1n) is 6.59. The highest BCUT2D eigenvalue weighted by atomic mass is 19.1. The number of rotatable bonds is 3. The number of carbonyl (C=O) groups is 1. The summed E-state index contributed by atoms with van der Waals surface area (Å²) in [5.41, 5.74) is 1.20. The van der Waals surface area contributed by atoms with E-state index in [0.29, 0.717) is 17.2 Å². The van der Waals surface area contributed by atoms with Crippen LogP contribution in [0.15, 0.2) is 18.2 Å². The van der Waals surface area contributed by atoms with Gasteiger partial charge >= 0.3 is 0 Å². The largest absolute Gasteiger partial charge is 0.317 e. The van der Waals surface area contributed by atoms with Crippen molar-refractivity contribution in [2.24, 2.45) is 5.92 Å². The minimum atomic E-state index is -0.245. The Morgan fingerprint density at radius 3 is 2.50 bits per heavy atom. The molecular formula is C15H20FNO. The molecule has 0 heterocycles. The Labute approximate surface area is 108 Å². The van der Waals surface area contributed by atoms with E-state index in [-0.39, 0.29) is 17.5 Å². The fourth-order valence-corrected chi connectivity index (χ4v) is 2.68. The first kappa shape index (κ1) is 13.2. The molecule has 2 rings (SSSR count). The zero-order valence-corrected chi connectivity index (χ0v) is 11.0. The maximum Gasteiger partial charge on any atom is 0.165 e. The molecule has 0 aliphatic heterocycles. The Kier molecular flexibility index (Phi) is 4.12. The predicted molar refractivity (Wildman–Crippen MR) is 70.3 cm³/mol. The molecule has 1 aromatic rings. The minimum Gasteiger partial charge on any atom is -0.317 e. The molecule has 0 spiro atoms. The van der Waals surface area contributed by atoms with Gasteiger partial charge in [-0.25, -0.2) is 4.39 Å². The molecule has 0 amide bonds. The van der Waals surface area contributed by atoms with Gasteiger partial charge in [0.2, 0.25) is 0 Å². The van der Waals surface area contributed by atoms with Crippen molar-refractivity contribution in [3.05, 3.63) is 35.1 Å². The number of nitrogens with one attached hydrogen (secondary N) is 1. The molecule has 18 heavy (non-hydrogen) atoms. The summed E-state index contributed by atoms with van der Waals surface area (Å²) in [5, 5.41) is 3.26. The third-order valence-corrected chi connectivity index (χ3v) is 3.95. The molecule has 98 valence electrons. The predicted octanol–water partition coefficient (Wildman–Crippen LogP) is 3.10. The second-order valence-electron chi connectivity index (χ2n) is 5.17.